The van der Waals surface area contributed by atoms with Crippen LogP contribution in [-0.2, 0) is 0 Å². The highest BCUT2D eigenvalue weighted by Gasteiger charge is 2.18. The first-order valence-electron chi connectivity index (χ1n) is 8.17. The van der Waals surface area contributed by atoms with Crippen molar-refractivity contribution in [2.45, 2.75) is 12.8 Å². The Labute approximate surface area is 144 Å². The fraction of sp³-hybridized carbons (Fsp3) is 0.556. The van der Waals surface area contributed by atoms with Gasteiger partial charge in [0.2, 0.25) is 0 Å². The molecule has 0 saturated carbocycles. The summed E-state index contributed by atoms with van der Waals surface area (Å²) in [6, 6.07) is 5.63. The number of hydrogen-bond acceptors (Lipinski definition) is 5. The summed E-state index contributed by atoms with van der Waals surface area (Å²) in [6.45, 7) is 2.88. The summed E-state index contributed by atoms with van der Waals surface area (Å²) < 4.78 is 11.4. The predicted octanol–water partition coefficient (Wildman–Crippen LogP) is 2.51. The van der Waals surface area contributed by atoms with Gasteiger partial charge < -0.3 is 19.3 Å². The highest BCUT2D eigenvalue weighted by Crippen LogP contribution is 2.35. The van der Waals surface area contributed by atoms with Gasteiger partial charge in [0.25, 0.3) is 0 Å². The number of rotatable bonds is 6. The summed E-state index contributed by atoms with van der Waals surface area (Å²) in [5.74, 6) is 1.76. The first-order chi connectivity index (χ1) is 11.5. The van der Waals surface area contributed by atoms with Gasteiger partial charge in [-0.05, 0) is 38.9 Å². The van der Waals surface area contributed by atoms with Crippen LogP contribution in [0.1, 0.15) is 18.4 Å². The lowest BCUT2D eigenvalue weighted by Gasteiger charge is -2.28. The average Bonchev–Trinajstić information content (AvgIpc) is 2.59. The Hall–Kier alpha value is -2.26. The maximum absolute atomic E-state index is 9.31. The lowest BCUT2D eigenvalue weighted by Crippen LogP contribution is -2.32. The van der Waals surface area contributed by atoms with Gasteiger partial charge in [0, 0.05) is 26.2 Å². The minimum absolute atomic E-state index is 0.469. The van der Waals surface area contributed by atoms with Gasteiger partial charge in [0.15, 0.2) is 11.5 Å². The molecule has 0 N–H and O–H groups in total. The molecule has 1 saturated heterocycles. The van der Waals surface area contributed by atoms with Crippen LogP contribution in [0.4, 0.5) is 5.69 Å². The third-order valence-electron chi connectivity index (χ3n) is 4.14. The molecule has 130 valence electrons. The van der Waals surface area contributed by atoms with E-state index in [9.17, 15) is 5.26 Å². The second-order valence-electron chi connectivity index (χ2n) is 6.40. The van der Waals surface area contributed by atoms with Gasteiger partial charge in [-0.25, -0.2) is 4.99 Å². The Morgan fingerprint density at radius 3 is 2.62 bits per heavy atom. The summed E-state index contributed by atoms with van der Waals surface area (Å²) in [4.78, 5) is 8.52. The van der Waals surface area contributed by atoms with E-state index in [2.05, 4.69) is 23.0 Å². The van der Waals surface area contributed by atoms with E-state index in [0.29, 0.717) is 35.3 Å². The third kappa shape index (κ3) is 4.87. The molecule has 0 bridgehead atoms. The molecule has 6 heteroatoms. The van der Waals surface area contributed by atoms with Crippen molar-refractivity contribution in [2.24, 2.45) is 10.9 Å². The third-order valence-corrected chi connectivity index (χ3v) is 4.14. The molecule has 1 heterocycles. The van der Waals surface area contributed by atoms with Gasteiger partial charge in [0.1, 0.15) is 6.07 Å². The van der Waals surface area contributed by atoms with Crippen molar-refractivity contribution in [2.75, 3.05) is 47.9 Å². The van der Waals surface area contributed by atoms with Gasteiger partial charge in [0.05, 0.1) is 31.3 Å². The lowest BCUT2D eigenvalue weighted by atomic mass is 9.98. The normalized spacial score (nSPS) is 16.1. The second-order valence-corrected chi connectivity index (χ2v) is 6.40. The summed E-state index contributed by atoms with van der Waals surface area (Å²) in [5.41, 5.74) is 1.06. The van der Waals surface area contributed by atoms with Crippen molar-refractivity contribution in [1.29, 1.82) is 5.26 Å². The molecule has 0 amide bonds. The SMILES string of the molecule is COc1cc(C#N)c(N=CN(C)C)cc1OCC1CCN(C)CC1. The number of nitriles is 1. The number of aliphatic imine (C=N–C) groups is 1. The van der Waals surface area contributed by atoms with E-state index in [1.54, 1.807) is 25.6 Å². The van der Waals surface area contributed by atoms with Crippen LogP contribution < -0.4 is 9.47 Å². The zero-order valence-electron chi connectivity index (χ0n) is 15.0. The second kappa shape index (κ2) is 8.55. The molecule has 1 aliphatic heterocycles. The number of hydrogen-bond donors (Lipinski definition) is 0. The molecule has 24 heavy (non-hydrogen) atoms. The van der Waals surface area contributed by atoms with Gasteiger partial charge in [-0.3, -0.25) is 0 Å². The zero-order valence-corrected chi connectivity index (χ0v) is 15.0. The molecule has 6 nitrogen and oxygen atoms in total. The zero-order chi connectivity index (χ0) is 17.5. The van der Waals surface area contributed by atoms with E-state index >= 15 is 0 Å². The van der Waals surface area contributed by atoms with Crippen LogP contribution >= 0.6 is 0 Å². The Morgan fingerprint density at radius 1 is 1.33 bits per heavy atom. The molecule has 0 aromatic heterocycles. The van der Waals surface area contributed by atoms with Gasteiger partial charge in [-0.2, -0.15) is 5.26 Å². The molecule has 0 atom stereocenters. The molecule has 0 unspecified atom stereocenters. The van der Waals surface area contributed by atoms with Crippen molar-refractivity contribution in [3.05, 3.63) is 17.7 Å². The van der Waals surface area contributed by atoms with E-state index in [-0.39, 0.29) is 0 Å². The maximum atomic E-state index is 9.31. The van der Waals surface area contributed by atoms with Crippen molar-refractivity contribution in [1.82, 2.24) is 9.80 Å². The Bertz CT molecular complexity index is 614. The largest absolute Gasteiger partial charge is 0.493 e. The molecule has 1 fully saturated rings. The van der Waals surface area contributed by atoms with E-state index in [1.807, 2.05) is 19.0 Å². The average molecular weight is 330 g/mol. The smallest absolute Gasteiger partial charge is 0.163 e. The van der Waals surface area contributed by atoms with Crippen molar-refractivity contribution < 1.29 is 9.47 Å². The van der Waals surface area contributed by atoms with E-state index < -0.39 is 0 Å². The highest BCUT2D eigenvalue weighted by molar-refractivity contribution is 5.68. The molecule has 0 radical (unpaired) electrons. The van der Waals surface area contributed by atoms with Crippen LogP contribution in [0.3, 0.4) is 0 Å². The molecule has 1 aromatic carbocycles. The fourth-order valence-electron chi connectivity index (χ4n) is 2.63. The Balaban J connectivity index is 2.15. The Morgan fingerprint density at radius 2 is 2.04 bits per heavy atom. The minimum atomic E-state index is 0.469. The molecular formula is C18H26N4O2. The van der Waals surface area contributed by atoms with Gasteiger partial charge >= 0.3 is 0 Å². The van der Waals surface area contributed by atoms with Crippen molar-refractivity contribution in [3.63, 3.8) is 0 Å². The standard InChI is InChI=1S/C18H26N4O2/c1-21(2)13-20-16-10-18(17(23-4)9-15(16)11-19)24-12-14-5-7-22(3)8-6-14/h9-10,13-14H,5-8,12H2,1-4H3. The first kappa shape index (κ1) is 18.1. The summed E-state index contributed by atoms with van der Waals surface area (Å²) in [7, 11) is 7.50. The lowest BCUT2D eigenvalue weighted by molar-refractivity contribution is 0.157. The number of benzene rings is 1. The van der Waals surface area contributed by atoms with Crippen LogP contribution in [0, 0.1) is 17.2 Å². The molecule has 2 rings (SSSR count). The number of piperidine rings is 1. The highest BCUT2D eigenvalue weighted by atomic mass is 16.5. The Kier molecular flexibility index (Phi) is 6.44. The van der Waals surface area contributed by atoms with Gasteiger partial charge in [-0.1, -0.05) is 0 Å². The monoisotopic (exact) mass is 330 g/mol. The van der Waals surface area contributed by atoms with E-state index in [1.165, 1.54) is 0 Å². The summed E-state index contributed by atoms with van der Waals surface area (Å²) in [6.07, 6.45) is 3.95. The first-order valence-corrected chi connectivity index (χ1v) is 8.17. The number of ether oxygens (including phenoxy) is 2. The van der Waals surface area contributed by atoms with Crippen LogP contribution in [0.2, 0.25) is 0 Å². The molecule has 1 aromatic rings. The fourth-order valence-corrected chi connectivity index (χ4v) is 2.63. The van der Waals surface area contributed by atoms with Crippen LogP contribution in [0.15, 0.2) is 17.1 Å². The molecule has 0 spiro atoms. The van der Waals surface area contributed by atoms with E-state index in [4.69, 9.17) is 9.47 Å². The van der Waals surface area contributed by atoms with E-state index in [0.717, 1.165) is 25.9 Å². The molecular weight excluding hydrogens is 304 g/mol. The minimum Gasteiger partial charge on any atom is -0.493 e. The van der Waals surface area contributed by atoms with Crippen molar-refractivity contribution in [3.8, 4) is 17.6 Å². The topological polar surface area (TPSA) is 61.1 Å². The van der Waals surface area contributed by atoms with Crippen molar-refractivity contribution >= 4 is 12.0 Å². The number of methoxy groups -OCH3 is 1. The summed E-state index contributed by atoms with van der Waals surface area (Å²) >= 11 is 0. The van der Waals surface area contributed by atoms with Crippen LogP contribution in [-0.4, -0.2) is 64.1 Å². The number of likely N-dealkylation sites (tertiary alicyclic amines) is 1. The molecule has 0 aliphatic carbocycles. The summed E-state index contributed by atoms with van der Waals surface area (Å²) in [5, 5.41) is 9.31. The quantitative estimate of drug-likeness (QED) is 0.592. The molecule has 1 aliphatic rings. The van der Waals surface area contributed by atoms with Crippen LogP contribution in [0.25, 0.3) is 0 Å². The van der Waals surface area contributed by atoms with Crippen LogP contribution in [0.5, 0.6) is 11.5 Å². The van der Waals surface area contributed by atoms with Gasteiger partial charge in [-0.15, -0.1) is 0 Å². The number of nitrogens with zero attached hydrogens (tertiary/aromatic N) is 4. The maximum Gasteiger partial charge on any atom is 0.163 e. The predicted molar refractivity (Wildman–Crippen MR) is 95.3 cm³/mol.